The minimum atomic E-state index is -1.09. The second kappa shape index (κ2) is 20.0. The first-order chi connectivity index (χ1) is 26.1. The van der Waals surface area contributed by atoms with Crippen molar-refractivity contribution in [3.8, 4) is 0 Å². The smallest absolute Gasteiger partial charge is 0.408 e. The van der Waals surface area contributed by atoms with Gasteiger partial charge in [-0.15, -0.1) is 0 Å². The number of hydrogen-bond acceptors (Lipinski definition) is 7. The quantitative estimate of drug-likeness (QED) is 0.0636. The number of fused-ring (bicyclic) bond motifs is 1. The predicted octanol–water partition coefficient (Wildman–Crippen LogP) is 5.66. The molecule has 0 bridgehead atoms. The lowest BCUT2D eigenvalue weighted by Gasteiger charge is -2.29. The van der Waals surface area contributed by atoms with Crippen LogP contribution in [0.2, 0.25) is 0 Å². The molecule has 0 aliphatic rings. The molecular formula is C42H48N6O5S. The number of hydrogen-bond donors (Lipinski definition) is 6. The van der Waals surface area contributed by atoms with Crippen LogP contribution >= 0.6 is 12.6 Å². The van der Waals surface area contributed by atoms with Crippen LogP contribution in [0.1, 0.15) is 49.1 Å². The van der Waals surface area contributed by atoms with E-state index < -0.39 is 41.3 Å². The van der Waals surface area contributed by atoms with Crippen LogP contribution in [0.4, 0.5) is 4.79 Å². The summed E-state index contributed by atoms with van der Waals surface area (Å²) in [5.41, 5.74) is 3.24. The summed E-state index contributed by atoms with van der Waals surface area (Å²) in [5.74, 6) is -1.04. The van der Waals surface area contributed by atoms with Gasteiger partial charge in [-0.25, -0.2) is 9.78 Å². The highest BCUT2D eigenvalue weighted by Gasteiger charge is 2.31. The number of H-pyrrole nitrogens is 1. The Hall–Kier alpha value is -5.62. The molecule has 5 rings (SSSR count). The number of amides is 4. The summed E-state index contributed by atoms with van der Waals surface area (Å²) in [7, 11) is 0. The molecule has 0 saturated carbocycles. The van der Waals surface area contributed by atoms with Gasteiger partial charge in [-0.1, -0.05) is 117 Å². The van der Waals surface area contributed by atoms with Crippen molar-refractivity contribution in [1.29, 1.82) is 0 Å². The molecule has 11 nitrogen and oxygen atoms in total. The summed E-state index contributed by atoms with van der Waals surface area (Å²) in [6.45, 7) is 4.46. The maximum absolute atomic E-state index is 14.2. The Bertz CT molecular complexity index is 1950. The molecule has 4 atom stereocenters. The lowest BCUT2D eigenvalue weighted by Crippen LogP contribution is -2.57. The molecule has 282 valence electrons. The van der Waals surface area contributed by atoms with E-state index in [9.17, 15) is 19.2 Å². The zero-order chi connectivity index (χ0) is 38.3. The zero-order valence-corrected chi connectivity index (χ0v) is 31.4. The highest BCUT2D eigenvalue weighted by Crippen LogP contribution is 2.21. The van der Waals surface area contributed by atoms with Gasteiger partial charge in [0, 0.05) is 49.0 Å². The van der Waals surface area contributed by atoms with Gasteiger partial charge in [-0.2, -0.15) is 12.6 Å². The van der Waals surface area contributed by atoms with Gasteiger partial charge in [-0.05, 0) is 39.8 Å². The third-order valence-electron chi connectivity index (χ3n) is 8.98. The molecule has 1 aromatic heterocycles. The number of nitrogens with one attached hydrogen (secondary N) is 5. The lowest BCUT2D eigenvalue weighted by molar-refractivity contribution is -0.130. The molecular weight excluding hydrogens is 701 g/mol. The Labute approximate surface area is 321 Å². The summed E-state index contributed by atoms with van der Waals surface area (Å²) in [5, 5.41) is 13.1. The van der Waals surface area contributed by atoms with Gasteiger partial charge in [0.15, 0.2) is 0 Å². The summed E-state index contributed by atoms with van der Waals surface area (Å²) in [4.78, 5) is 61.5. The predicted molar refractivity (Wildman–Crippen MR) is 212 cm³/mol. The van der Waals surface area contributed by atoms with Crippen molar-refractivity contribution < 1.29 is 23.9 Å². The molecule has 0 saturated heterocycles. The van der Waals surface area contributed by atoms with Gasteiger partial charge >= 0.3 is 6.09 Å². The van der Waals surface area contributed by atoms with Crippen molar-refractivity contribution in [3.05, 3.63) is 138 Å². The first-order valence-electron chi connectivity index (χ1n) is 18.1. The number of rotatable bonds is 18. The van der Waals surface area contributed by atoms with Crippen molar-refractivity contribution in [3.63, 3.8) is 0 Å². The molecule has 54 heavy (non-hydrogen) atoms. The summed E-state index contributed by atoms with van der Waals surface area (Å²) in [6, 6.07) is 29.8. The molecule has 4 amide bonds. The van der Waals surface area contributed by atoms with Crippen LogP contribution in [0.15, 0.2) is 116 Å². The van der Waals surface area contributed by atoms with Crippen LogP contribution in [-0.4, -0.2) is 57.2 Å². The van der Waals surface area contributed by atoms with E-state index in [4.69, 9.17) is 17.4 Å². The standard InChI is InChI=1S/C42H48N6O5S/c1-28(2)20-35(38(54)23-39(49)44-24-29-12-5-3-6-13-29)46-41(51)37(22-33-25-43-27-45-33)47-40(50)36(48-42(52)53-26-30-14-7-4-8-15-30)21-32-18-11-17-31-16-9-10-19-34(31)32/h3-19,25,27-28,35-38,54H,20-24,26H2,1-2H3,(H,43,45)(H,44,49)(H,46,51)(H,47,50)(H,48,52)/t35-,36-,37+,38-/m0/s1. The fourth-order valence-electron chi connectivity index (χ4n) is 6.21. The average molecular weight is 749 g/mol. The number of carbonyl (C=O) groups excluding carboxylic acids is 4. The molecule has 4 aromatic carbocycles. The number of nitrogens with zero attached hydrogens (tertiary/aromatic N) is 1. The molecule has 5 N–H and O–H groups in total. The minimum absolute atomic E-state index is 0.0204. The van der Waals surface area contributed by atoms with Crippen LogP contribution < -0.4 is 21.3 Å². The van der Waals surface area contributed by atoms with Gasteiger partial charge in [0.2, 0.25) is 17.7 Å². The summed E-state index contributed by atoms with van der Waals surface area (Å²) in [6.07, 6.45) is 3.18. The Morgan fingerprint density at radius 2 is 1.41 bits per heavy atom. The van der Waals surface area contributed by atoms with E-state index in [2.05, 4.69) is 31.2 Å². The molecule has 0 aliphatic heterocycles. The molecule has 12 heteroatoms. The van der Waals surface area contributed by atoms with Crippen LogP contribution in [0.25, 0.3) is 10.8 Å². The Morgan fingerprint density at radius 1 is 0.759 bits per heavy atom. The highest BCUT2D eigenvalue weighted by atomic mass is 32.1. The Balaban J connectivity index is 1.32. The van der Waals surface area contributed by atoms with Crippen molar-refractivity contribution in [2.45, 2.75) is 76.1 Å². The number of imidazole rings is 1. The van der Waals surface area contributed by atoms with E-state index in [-0.39, 0.29) is 37.7 Å². The molecule has 0 fully saturated rings. The largest absolute Gasteiger partial charge is 0.445 e. The molecule has 0 radical (unpaired) electrons. The van der Waals surface area contributed by atoms with Crippen molar-refractivity contribution >= 4 is 47.2 Å². The van der Waals surface area contributed by atoms with Gasteiger partial charge in [0.05, 0.1) is 6.33 Å². The van der Waals surface area contributed by atoms with Crippen molar-refractivity contribution in [2.75, 3.05) is 0 Å². The van der Waals surface area contributed by atoms with E-state index >= 15 is 0 Å². The summed E-state index contributed by atoms with van der Waals surface area (Å²) < 4.78 is 5.50. The lowest BCUT2D eigenvalue weighted by atomic mass is 9.97. The van der Waals surface area contributed by atoms with Crippen LogP contribution in [0, 0.1) is 5.92 Å². The zero-order valence-electron chi connectivity index (χ0n) is 30.5. The van der Waals surface area contributed by atoms with E-state index in [1.807, 2.05) is 117 Å². The fourth-order valence-corrected chi connectivity index (χ4v) is 6.57. The number of alkyl carbamates (subject to hydrolysis) is 1. The van der Waals surface area contributed by atoms with Crippen LogP contribution in [0.3, 0.4) is 0 Å². The fraction of sp³-hybridized carbons (Fsp3) is 0.310. The van der Waals surface area contributed by atoms with E-state index in [0.717, 1.165) is 27.5 Å². The van der Waals surface area contributed by atoms with Gasteiger partial charge in [-0.3, -0.25) is 14.4 Å². The van der Waals surface area contributed by atoms with E-state index in [1.54, 1.807) is 6.20 Å². The minimum Gasteiger partial charge on any atom is -0.445 e. The SMILES string of the molecule is CC(C)C[C@H](NC(=O)[C@@H](Cc1cnc[nH]1)NC(=O)[C@H](Cc1cccc2ccccc12)NC(=O)OCc1ccccc1)[C@@H](S)CC(=O)NCc1ccccc1. The van der Waals surface area contributed by atoms with Crippen molar-refractivity contribution in [2.24, 2.45) is 5.92 Å². The average Bonchev–Trinajstić information content (AvgIpc) is 3.69. The Kier molecular flexibility index (Phi) is 14.7. The molecule has 5 aromatic rings. The molecule has 0 spiro atoms. The second-order valence-electron chi connectivity index (χ2n) is 13.7. The first-order valence-corrected chi connectivity index (χ1v) is 18.7. The van der Waals surface area contributed by atoms with E-state index in [0.29, 0.717) is 18.7 Å². The van der Waals surface area contributed by atoms with Crippen LogP contribution in [-0.2, 0) is 45.1 Å². The number of benzene rings is 4. The molecule has 1 heterocycles. The number of carbonyl (C=O) groups is 4. The number of aromatic amines is 1. The number of aromatic nitrogens is 2. The second-order valence-corrected chi connectivity index (χ2v) is 14.4. The van der Waals surface area contributed by atoms with Crippen molar-refractivity contribution in [1.82, 2.24) is 31.2 Å². The topological polar surface area (TPSA) is 154 Å². The maximum atomic E-state index is 14.2. The Morgan fingerprint density at radius 3 is 2.11 bits per heavy atom. The van der Waals surface area contributed by atoms with Gasteiger partial charge in [0.1, 0.15) is 18.7 Å². The van der Waals surface area contributed by atoms with Gasteiger partial charge < -0.3 is 31.0 Å². The van der Waals surface area contributed by atoms with E-state index in [1.165, 1.54) is 6.33 Å². The molecule has 0 unspecified atom stereocenters. The normalized spacial score (nSPS) is 13.3. The summed E-state index contributed by atoms with van der Waals surface area (Å²) >= 11 is 4.78. The first kappa shape index (κ1) is 39.6. The third kappa shape index (κ3) is 12.2. The number of thiol groups is 1. The highest BCUT2D eigenvalue weighted by molar-refractivity contribution is 7.81. The van der Waals surface area contributed by atoms with Crippen LogP contribution in [0.5, 0.6) is 0 Å². The maximum Gasteiger partial charge on any atom is 0.408 e. The third-order valence-corrected chi connectivity index (χ3v) is 9.52. The van der Waals surface area contributed by atoms with Gasteiger partial charge in [0.25, 0.3) is 0 Å². The monoisotopic (exact) mass is 748 g/mol. The number of ether oxygens (including phenoxy) is 1. The molecule has 0 aliphatic carbocycles.